The van der Waals surface area contributed by atoms with Crippen molar-refractivity contribution in [2.24, 2.45) is 0 Å². The van der Waals surface area contributed by atoms with Crippen molar-refractivity contribution in [1.29, 1.82) is 0 Å². The predicted octanol–water partition coefficient (Wildman–Crippen LogP) is 23.2. The number of carbonyl (C=O) groups excluding carboxylic acids is 2. The van der Waals surface area contributed by atoms with Crippen molar-refractivity contribution in [1.82, 2.24) is 5.32 Å². The molecule has 0 spiro atoms. The molecule has 0 aromatic rings. The van der Waals surface area contributed by atoms with E-state index in [4.69, 9.17) is 13.8 Å². The molecule has 0 radical (unpaired) electrons. The number of amides is 1. The summed E-state index contributed by atoms with van der Waals surface area (Å²) in [5.74, 6) is -0.487. The number of quaternary nitrogens is 1. The van der Waals surface area contributed by atoms with Crippen LogP contribution in [0.3, 0.4) is 0 Å². The van der Waals surface area contributed by atoms with Gasteiger partial charge in [-0.3, -0.25) is 18.6 Å². The van der Waals surface area contributed by atoms with Gasteiger partial charge in [-0.05, 0) is 70.3 Å². The molecule has 0 saturated heterocycles. The fraction of sp³-hybridized carbons (Fsp3) is 0.865. The van der Waals surface area contributed by atoms with Crippen LogP contribution in [0.15, 0.2) is 48.6 Å². The van der Waals surface area contributed by atoms with Crippen LogP contribution in [0.4, 0.5) is 0 Å². The first-order valence-corrected chi connectivity index (χ1v) is 38.0. The highest BCUT2D eigenvalue weighted by Gasteiger charge is 2.30. The van der Waals surface area contributed by atoms with Gasteiger partial charge in [0, 0.05) is 12.8 Å². The van der Waals surface area contributed by atoms with E-state index < -0.39 is 20.0 Å². The van der Waals surface area contributed by atoms with Crippen LogP contribution in [0.5, 0.6) is 0 Å². The molecule has 0 heterocycles. The number of phosphoric ester groups is 1. The number of hydrogen-bond donors (Lipinski definition) is 2. The second kappa shape index (κ2) is 64.0. The van der Waals surface area contributed by atoms with Crippen molar-refractivity contribution < 1.29 is 37.3 Å². The highest BCUT2D eigenvalue weighted by Crippen LogP contribution is 2.43. The highest BCUT2D eigenvalue weighted by atomic mass is 31.2. The van der Waals surface area contributed by atoms with Gasteiger partial charge in [0.1, 0.15) is 19.3 Å². The Bertz CT molecular complexity index is 1570. The van der Waals surface area contributed by atoms with Gasteiger partial charge >= 0.3 is 13.8 Å². The normalized spacial score (nSPS) is 13.8. The molecule has 0 rings (SSSR count). The fourth-order valence-electron chi connectivity index (χ4n) is 10.9. The van der Waals surface area contributed by atoms with Crippen LogP contribution in [0.25, 0.3) is 0 Å². The van der Waals surface area contributed by atoms with Gasteiger partial charge in [-0.2, -0.15) is 0 Å². The molecule has 1 amide bonds. The summed E-state index contributed by atoms with van der Waals surface area (Å²) < 4.78 is 30.9. The number of allylic oxidation sites excluding steroid dienone is 7. The Morgan fingerprint density at radius 1 is 0.417 bits per heavy atom. The van der Waals surface area contributed by atoms with Crippen molar-refractivity contribution in [3.05, 3.63) is 48.6 Å². The zero-order valence-electron chi connectivity index (χ0n) is 56.7. The summed E-state index contributed by atoms with van der Waals surface area (Å²) in [5, 5.41) is 3.08. The molecule has 0 aliphatic carbocycles. The molecule has 494 valence electrons. The van der Waals surface area contributed by atoms with Crippen molar-refractivity contribution in [3.8, 4) is 0 Å². The van der Waals surface area contributed by atoms with Crippen LogP contribution in [-0.2, 0) is 27.9 Å². The molecule has 3 atom stereocenters. The van der Waals surface area contributed by atoms with Gasteiger partial charge in [-0.1, -0.05) is 327 Å². The Labute approximate surface area is 522 Å². The maximum Gasteiger partial charge on any atom is 0.472 e. The van der Waals surface area contributed by atoms with Gasteiger partial charge in [0.15, 0.2) is 0 Å². The SMILES string of the molecule is CCCCC/C=C\C/C=C\C/C=C\CCCCCCCCCCCCCCCCC(=O)OC(/C=C/CCCCCCCCCCCC)C(COP(=O)(O)OCC[N+](C)(C)C)NC(=O)CCCCCCCCCCCCCCCCCCCCC. The van der Waals surface area contributed by atoms with E-state index in [1.54, 1.807) is 0 Å². The number of ether oxygens (including phenoxy) is 1. The number of carbonyl (C=O) groups is 2. The van der Waals surface area contributed by atoms with Gasteiger partial charge in [0.25, 0.3) is 0 Å². The molecule has 0 aliphatic rings. The number of esters is 1. The standard InChI is InChI=1S/C74H141N2O7P/c1-7-10-13-16-19-22-25-28-30-32-34-35-36-37-38-39-40-41-43-45-47-49-52-55-58-61-64-67-74(78)83-72(65-62-59-56-53-50-27-24-21-18-15-12-9-3)71(70-82-84(79,80)81-69-68-76(4,5)6)75-73(77)66-63-60-57-54-51-48-46-44-42-33-31-29-26-23-20-17-14-11-8-2/h19,22,28,30,34-35,62,65,71-72H,7-18,20-21,23-27,29,31-33,36-61,63-64,66-70H2,1-6H3,(H-,75,77,79,80)/p+1/b22-19-,30-28-,35-34-,65-62+. The molecule has 3 unspecified atom stereocenters. The van der Waals surface area contributed by atoms with Crippen molar-refractivity contribution in [2.45, 2.75) is 373 Å². The molecule has 84 heavy (non-hydrogen) atoms. The van der Waals surface area contributed by atoms with Crippen molar-refractivity contribution in [2.75, 3.05) is 40.9 Å². The van der Waals surface area contributed by atoms with E-state index in [1.165, 1.54) is 257 Å². The average molecular weight is 1200 g/mol. The van der Waals surface area contributed by atoms with E-state index in [1.807, 2.05) is 33.3 Å². The lowest BCUT2D eigenvalue weighted by Crippen LogP contribution is -2.47. The lowest BCUT2D eigenvalue weighted by molar-refractivity contribution is -0.870. The number of rotatable bonds is 67. The number of hydrogen-bond acceptors (Lipinski definition) is 6. The minimum Gasteiger partial charge on any atom is -0.456 e. The molecule has 2 N–H and O–H groups in total. The van der Waals surface area contributed by atoms with E-state index >= 15 is 0 Å². The van der Waals surface area contributed by atoms with Gasteiger partial charge in [-0.25, -0.2) is 4.57 Å². The number of likely N-dealkylation sites (N-methyl/N-ethyl adjacent to an activating group) is 1. The molecular weight excluding hydrogens is 1060 g/mol. The predicted molar refractivity (Wildman–Crippen MR) is 365 cm³/mol. The zero-order valence-corrected chi connectivity index (χ0v) is 57.6. The van der Waals surface area contributed by atoms with E-state index in [2.05, 4.69) is 62.5 Å². The molecule has 0 bridgehead atoms. The number of nitrogens with zero attached hydrogens (tertiary/aromatic N) is 1. The molecule has 0 saturated carbocycles. The molecule has 10 heteroatoms. The molecule has 9 nitrogen and oxygen atoms in total. The van der Waals surface area contributed by atoms with Gasteiger partial charge in [-0.15, -0.1) is 0 Å². The third kappa shape index (κ3) is 64.4. The molecule has 0 fully saturated rings. The monoisotopic (exact) mass is 1200 g/mol. The Morgan fingerprint density at radius 2 is 0.726 bits per heavy atom. The third-order valence-corrected chi connectivity index (χ3v) is 17.5. The van der Waals surface area contributed by atoms with Crippen molar-refractivity contribution >= 4 is 19.7 Å². The smallest absolute Gasteiger partial charge is 0.456 e. The van der Waals surface area contributed by atoms with Gasteiger partial charge in [0.2, 0.25) is 5.91 Å². The Balaban J connectivity index is 4.99. The van der Waals surface area contributed by atoms with Crippen LogP contribution in [0.2, 0.25) is 0 Å². The summed E-state index contributed by atoms with van der Waals surface area (Å²) >= 11 is 0. The maximum atomic E-state index is 13.6. The summed E-state index contributed by atoms with van der Waals surface area (Å²) in [6.45, 7) is 7.04. The topological polar surface area (TPSA) is 111 Å². The van der Waals surface area contributed by atoms with Crippen LogP contribution in [0.1, 0.15) is 361 Å². The Hall–Kier alpha value is -2.03. The second-order valence-corrected chi connectivity index (χ2v) is 27.6. The summed E-state index contributed by atoms with van der Waals surface area (Å²) in [7, 11) is 1.51. The number of phosphoric acid groups is 1. The van der Waals surface area contributed by atoms with E-state index in [9.17, 15) is 19.0 Å². The Morgan fingerprint density at radius 3 is 1.11 bits per heavy atom. The first-order valence-electron chi connectivity index (χ1n) is 36.5. The summed E-state index contributed by atoms with van der Waals surface area (Å²) in [5.41, 5.74) is 0. The van der Waals surface area contributed by atoms with Crippen molar-refractivity contribution in [3.63, 3.8) is 0 Å². The largest absolute Gasteiger partial charge is 0.472 e. The lowest BCUT2D eigenvalue weighted by atomic mass is 10.0. The summed E-state index contributed by atoms with van der Waals surface area (Å²) in [6.07, 6.45) is 81.2. The van der Waals surface area contributed by atoms with Gasteiger partial charge < -0.3 is 19.4 Å². The summed E-state index contributed by atoms with van der Waals surface area (Å²) in [6, 6.07) is -0.846. The lowest BCUT2D eigenvalue weighted by Gasteiger charge is -2.27. The van der Waals surface area contributed by atoms with E-state index in [-0.39, 0.29) is 25.1 Å². The minimum atomic E-state index is -4.45. The maximum absolute atomic E-state index is 13.6. The number of nitrogens with one attached hydrogen (secondary N) is 1. The highest BCUT2D eigenvalue weighted by molar-refractivity contribution is 7.47. The molecule has 0 aromatic carbocycles. The first-order chi connectivity index (χ1) is 40.9. The number of unbranched alkanes of at least 4 members (excludes halogenated alkanes) is 45. The van der Waals surface area contributed by atoms with Gasteiger partial charge in [0.05, 0.1) is 33.8 Å². The minimum absolute atomic E-state index is 0.0426. The fourth-order valence-corrected chi connectivity index (χ4v) is 11.6. The van der Waals surface area contributed by atoms with Crippen LogP contribution in [-0.4, -0.2) is 74.3 Å². The molecule has 0 aromatic heterocycles. The van der Waals surface area contributed by atoms with Crippen LogP contribution in [0, 0.1) is 0 Å². The Kier molecular flexibility index (Phi) is 62.4. The molecule has 0 aliphatic heterocycles. The molecular formula is C74H142N2O7P+. The van der Waals surface area contributed by atoms with Crippen LogP contribution >= 0.6 is 7.82 Å². The second-order valence-electron chi connectivity index (χ2n) is 26.1. The first kappa shape index (κ1) is 82.0. The van der Waals surface area contributed by atoms with E-state index in [0.717, 1.165) is 70.6 Å². The van der Waals surface area contributed by atoms with E-state index in [0.29, 0.717) is 23.9 Å². The third-order valence-electron chi connectivity index (χ3n) is 16.5. The summed E-state index contributed by atoms with van der Waals surface area (Å²) in [4.78, 5) is 37.9. The quantitative estimate of drug-likeness (QED) is 0.0205. The zero-order chi connectivity index (χ0) is 61.4. The average Bonchev–Trinajstić information content (AvgIpc) is 3.65. The van der Waals surface area contributed by atoms with Crippen LogP contribution < -0.4 is 5.32 Å².